The van der Waals surface area contributed by atoms with Crippen molar-refractivity contribution in [2.45, 2.75) is 80.2 Å². The van der Waals surface area contributed by atoms with Crippen molar-refractivity contribution in [2.75, 3.05) is 5.32 Å². The van der Waals surface area contributed by atoms with Crippen LogP contribution in [0.25, 0.3) is 5.57 Å². The molecule has 1 unspecified atom stereocenters. The smallest absolute Gasteiger partial charge is 0.406 e. The number of aliphatic hydroxyl groups excluding tert-OH is 1. The van der Waals surface area contributed by atoms with Crippen molar-refractivity contribution in [1.29, 1.82) is 0 Å². The standard InChI is InChI=1S/C22H27F3N2O2.C8H14O/c1-4-7-19(15(5-2)6-3)20-16(14-28)12-13-26-21(20)27-17-8-10-18(11-9-17)29-22(23,24)25;1-5-7(4)8(9)6(2)3/h7-13,15,28H,4-6,14H2,1-3H3,(H,26,27);7H,2,5H2,1,3-4H3/b19-7+;. The molecular formula is C30H41F3N2O3. The highest BCUT2D eigenvalue weighted by Crippen LogP contribution is 2.36. The minimum atomic E-state index is -4.73. The number of aliphatic hydroxyl groups is 1. The normalized spacial score (nSPS) is 12.4. The van der Waals surface area contributed by atoms with Gasteiger partial charge in [0.1, 0.15) is 11.6 Å². The van der Waals surface area contributed by atoms with E-state index in [1.165, 1.54) is 24.3 Å². The highest BCUT2D eigenvalue weighted by molar-refractivity contribution is 5.95. The van der Waals surface area contributed by atoms with Crippen LogP contribution in [0.5, 0.6) is 5.75 Å². The number of ether oxygens (including phenoxy) is 1. The van der Waals surface area contributed by atoms with Gasteiger partial charge in [-0.1, -0.05) is 47.3 Å². The van der Waals surface area contributed by atoms with Gasteiger partial charge in [0.05, 0.1) is 6.61 Å². The minimum absolute atomic E-state index is 0.133. The summed E-state index contributed by atoms with van der Waals surface area (Å²) in [6, 6.07) is 7.27. The van der Waals surface area contributed by atoms with E-state index in [0.717, 1.165) is 42.4 Å². The number of pyridine rings is 1. The van der Waals surface area contributed by atoms with Crippen molar-refractivity contribution in [3.63, 3.8) is 0 Å². The Bertz CT molecular complexity index is 1060. The topological polar surface area (TPSA) is 71.5 Å². The maximum atomic E-state index is 12.4. The average Bonchev–Trinajstić information content (AvgIpc) is 2.88. The van der Waals surface area contributed by atoms with Crippen molar-refractivity contribution in [3.05, 3.63) is 65.9 Å². The lowest BCUT2D eigenvalue weighted by Gasteiger charge is -2.23. The SMILES string of the molecule is C=C(C)C(=O)C(C)CC.CC/C=C(/c1c(CO)ccnc1Nc1ccc(OC(F)(F)F)cc1)C(CC)CC. The molecule has 0 aliphatic heterocycles. The van der Waals surface area contributed by atoms with Crippen molar-refractivity contribution < 1.29 is 27.8 Å². The molecule has 210 valence electrons. The van der Waals surface area contributed by atoms with E-state index >= 15 is 0 Å². The van der Waals surface area contributed by atoms with Crippen LogP contribution in [-0.2, 0) is 11.4 Å². The van der Waals surface area contributed by atoms with Gasteiger partial charge in [0, 0.05) is 23.4 Å². The van der Waals surface area contributed by atoms with Crippen LogP contribution in [0.2, 0.25) is 0 Å². The number of anilines is 2. The van der Waals surface area contributed by atoms with Gasteiger partial charge >= 0.3 is 6.36 Å². The van der Waals surface area contributed by atoms with Gasteiger partial charge in [-0.3, -0.25) is 4.79 Å². The molecule has 8 heteroatoms. The van der Waals surface area contributed by atoms with E-state index < -0.39 is 6.36 Å². The summed E-state index contributed by atoms with van der Waals surface area (Å²) in [7, 11) is 0. The third-order valence-corrected chi connectivity index (χ3v) is 6.18. The summed E-state index contributed by atoms with van der Waals surface area (Å²) in [4.78, 5) is 15.4. The first-order valence-corrected chi connectivity index (χ1v) is 13.0. The Labute approximate surface area is 224 Å². The molecule has 1 aromatic heterocycles. The lowest BCUT2D eigenvalue weighted by Crippen LogP contribution is -2.17. The number of rotatable bonds is 12. The molecule has 38 heavy (non-hydrogen) atoms. The number of aromatic nitrogens is 1. The second-order valence-electron chi connectivity index (χ2n) is 9.08. The first-order chi connectivity index (χ1) is 17.9. The van der Waals surface area contributed by atoms with Crippen LogP contribution in [0.1, 0.15) is 78.4 Å². The Morgan fingerprint density at radius 2 is 1.71 bits per heavy atom. The first kappa shape index (κ1) is 32.9. The number of ketones is 1. The number of hydrogen-bond donors (Lipinski definition) is 2. The second kappa shape index (κ2) is 16.0. The average molecular weight is 535 g/mol. The molecule has 2 N–H and O–H groups in total. The quantitative estimate of drug-likeness (QED) is 0.267. The molecule has 0 amide bonds. The molecule has 5 nitrogen and oxygen atoms in total. The zero-order valence-electron chi connectivity index (χ0n) is 23.3. The van der Waals surface area contributed by atoms with Crippen LogP contribution in [0.15, 0.2) is 54.8 Å². The number of allylic oxidation sites excluding steroid dienone is 3. The van der Waals surface area contributed by atoms with E-state index in [9.17, 15) is 23.1 Å². The fourth-order valence-corrected chi connectivity index (χ4v) is 3.95. The summed E-state index contributed by atoms with van der Waals surface area (Å²) in [5.41, 5.74) is 3.97. The van der Waals surface area contributed by atoms with Gasteiger partial charge in [0.25, 0.3) is 0 Å². The molecule has 0 aliphatic rings. The molecule has 1 aromatic carbocycles. The number of nitrogens with zero attached hydrogens (tertiary/aromatic N) is 1. The van der Waals surface area contributed by atoms with Crippen molar-refractivity contribution in [1.82, 2.24) is 4.98 Å². The van der Waals surface area contributed by atoms with E-state index in [-0.39, 0.29) is 24.1 Å². The van der Waals surface area contributed by atoms with Gasteiger partial charge in [0.15, 0.2) is 5.78 Å². The summed E-state index contributed by atoms with van der Waals surface area (Å²) in [6.45, 7) is 15.4. The summed E-state index contributed by atoms with van der Waals surface area (Å²) < 4.78 is 41.0. The molecule has 0 radical (unpaired) electrons. The number of benzene rings is 1. The Balaban J connectivity index is 0.000000686. The lowest BCUT2D eigenvalue weighted by atomic mass is 9.85. The van der Waals surface area contributed by atoms with Gasteiger partial charge in [-0.25, -0.2) is 4.98 Å². The van der Waals surface area contributed by atoms with Crippen LogP contribution < -0.4 is 10.1 Å². The molecule has 1 atom stereocenters. The molecule has 0 fully saturated rings. The Morgan fingerprint density at radius 1 is 1.11 bits per heavy atom. The number of Topliss-reactive ketones (excluding diaryl/α,β-unsaturated/α-hetero) is 1. The van der Waals surface area contributed by atoms with E-state index in [2.05, 4.69) is 48.5 Å². The van der Waals surface area contributed by atoms with Gasteiger partial charge < -0.3 is 15.2 Å². The Hall–Kier alpha value is -3.13. The van der Waals surface area contributed by atoms with Crippen molar-refractivity contribution >= 4 is 22.9 Å². The number of carbonyl (C=O) groups is 1. The highest BCUT2D eigenvalue weighted by atomic mass is 19.4. The summed E-state index contributed by atoms with van der Waals surface area (Å²) >= 11 is 0. The fourth-order valence-electron chi connectivity index (χ4n) is 3.95. The molecule has 2 rings (SSSR count). The number of nitrogens with one attached hydrogen (secondary N) is 1. The van der Waals surface area contributed by atoms with E-state index in [0.29, 0.717) is 23.0 Å². The first-order valence-electron chi connectivity index (χ1n) is 13.0. The zero-order valence-corrected chi connectivity index (χ0v) is 23.3. The van der Waals surface area contributed by atoms with Crippen LogP contribution in [-0.4, -0.2) is 22.2 Å². The van der Waals surface area contributed by atoms with Crippen molar-refractivity contribution in [2.24, 2.45) is 11.8 Å². The van der Waals surface area contributed by atoms with Crippen molar-refractivity contribution in [3.8, 4) is 5.75 Å². The molecule has 0 saturated carbocycles. The fraction of sp³-hybridized carbons (Fsp3) is 0.467. The third kappa shape index (κ3) is 10.3. The predicted octanol–water partition coefficient (Wildman–Crippen LogP) is 8.62. The lowest BCUT2D eigenvalue weighted by molar-refractivity contribution is -0.274. The van der Waals surface area contributed by atoms with Gasteiger partial charge in [0.2, 0.25) is 0 Å². The third-order valence-electron chi connectivity index (χ3n) is 6.18. The molecule has 0 spiro atoms. The van der Waals surface area contributed by atoms with Crippen LogP contribution in [0.4, 0.5) is 24.7 Å². The van der Waals surface area contributed by atoms with Gasteiger partial charge in [-0.05, 0) is 85.6 Å². The number of carbonyl (C=O) groups excluding carboxylic acids is 1. The number of hydrogen-bond acceptors (Lipinski definition) is 5. The van der Waals surface area contributed by atoms with Crippen LogP contribution >= 0.6 is 0 Å². The molecule has 2 aromatic rings. The van der Waals surface area contributed by atoms with Crippen LogP contribution in [0.3, 0.4) is 0 Å². The molecule has 1 heterocycles. The van der Waals surface area contributed by atoms with Gasteiger partial charge in [-0.2, -0.15) is 0 Å². The van der Waals surface area contributed by atoms with Crippen LogP contribution in [0, 0.1) is 11.8 Å². The number of halogens is 3. The minimum Gasteiger partial charge on any atom is -0.406 e. The maximum absolute atomic E-state index is 12.4. The van der Waals surface area contributed by atoms with E-state index in [1.807, 2.05) is 13.8 Å². The van der Waals surface area contributed by atoms with E-state index in [4.69, 9.17) is 0 Å². The maximum Gasteiger partial charge on any atom is 0.573 e. The molecular weight excluding hydrogens is 493 g/mol. The largest absolute Gasteiger partial charge is 0.573 e. The molecule has 0 bridgehead atoms. The van der Waals surface area contributed by atoms with E-state index in [1.54, 1.807) is 19.2 Å². The highest BCUT2D eigenvalue weighted by Gasteiger charge is 2.31. The summed E-state index contributed by atoms with van der Waals surface area (Å²) in [5, 5.41) is 13.1. The summed E-state index contributed by atoms with van der Waals surface area (Å²) in [5.74, 6) is 0.934. The molecule has 0 saturated heterocycles. The Kier molecular flexibility index (Phi) is 13.8. The van der Waals surface area contributed by atoms with Gasteiger partial charge in [-0.15, -0.1) is 13.2 Å². The zero-order chi connectivity index (χ0) is 28.9. The summed E-state index contributed by atoms with van der Waals surface area (Å²) in [6.07, 6.45) is 2.68. The Morgan fingerprint density at radius 3 is 2.13 bits per heavy atom. The molecule has 0 aliphatic carbocycles. The monoisotopic (exact) mass is 534 g/mol. The second-order valence-corrected chi connectivity index (χ2v) is 9.08. The predicted molar refractivity (Wildman–Crippen MR) is 148 cm³/mol. The number of alkyl halides is 3.